The van der Waals surface area contributed by atoms with Crippen molar-refractivity contribution in [2.24, 2.45) is 0 Å². The van der Waals surface area contributed by atoms with Gasteiger partial charge in [0.05, 0.1) is 12.7 Å². The fourth-order valence-corrected chi connectivity index (χ4v) is 4.34. The number of carboxylic acid groups (broad SMARTS) is 2. The van der Waals surface area contributed by atoms with E-state index in [9.17, 15) is 14.7 Å². The first-order valence-electron chi connectivity index (χ1n) is 12.5. The molecule has 0 unspecified atom stereocenters. The average molecular weight is 535 g/mol. The van der Waals surface area contributed by atoms with Gasteiger partial charge >= 0.3 is 30.8 Å². The van der Waals surface area contributed by atoms with Crippen molar-refractivity contribution in [2.75, 3.05) is 7.11 Å². The molecule has 0 spiro atoms. The van der Waals surface area contributed by atoms with E-state index >= 15 is 0 Å². The number of ether oxygens (including phenoxy) is 1. The Morgan fingerprint density at radius 1 is 0.585 bits per heavy atom. The smallest absolute Gasteiger partial charge is 0.495 e. The molecule has 198 valence electrons. The zero-order valence-electron chi connectivity index (χ0n) is 22.8. The molecule has 0 amide bonds. The van der Waals surface area contributed by atoms with Gasteiger partial charge in [0.25, 0.3) is 0 Å². The van der Waals surface area contributed by atoms with Gasteiger partial charge in [-0.1, -0.05) is 91.0 Å². The molecule has 0 atom stereocenters. The first-order chi connectivity index (χ1) is 19.5. The number of carboxylic acids is 2. The van der Waals surface area contributed by atoms with E-state index in [-0.39, 0.29) is 24.4 Å². The van der Waals surface area contributed by atoms with Crippen molar-refractivity contribution in [3.05, 3.63) is 151 Å². The number of hydrogen-bond acceptors (Lipinski definition) is 3. The second-order valence-corrected chi connectivity index (χ2v) is 8.63. The summed E-state index contributed by atoms with van der Waals surface area (Å²) in [4.78, 5) is 22.4. The van der Waals surface area contributed by atoms with Crippen molar-refractivity contribution >= 4 is 33.5 Å². The summed E-state index contributed by atoms with van der Waals surface area (Å²) >= 11 is 0. The van der Waals surface area contributed by atoms with Crippen LogP contribution >= 0.6 is 0 Å². The molecule has 2 N–H and O–H groups in total. The van der Waals surface area contributed by atoms with Crippen LogP contribution in [0, 0.1) is 6.07 Å². The minimum Gasteiger partial charge on any atom is -0.495 e. The number of fused-ring (bicyclic) bond motifs is 2. The molecule has 0 heterocycles. The summed E-state index contributed by atoms with van der Waals surface area (Å²) in [5.74, 6) is -1.46. The summed E-state index contributed by atoms with van der Waals surface area (Å²) in [6, 6.07) is 44.4. The maximum Gasteiger partial charge on any atom is 1.00 e. The van der Waals surface area contributed by atoms with E-state index < -0.39 is 11.9 Å². The fraction of sp³-hybridized carbons (Fsp3) is 0.0286. The van der Waals surface area contributed by atoms with Gasteiger partial charge in [0.15, 0.2) is 0 Å². The van der Waals surface area contributed by atoms with Crippen LogP contribution < -0.4 is 23.6 Å². The zero-order chi connectivity index (χ0) is 28.3. The summed E-state index contributed by atoms with van der Waals surface area (Å²) in [5.41, 5.74) is 2.24. The van der Waals surface area contributed by atoms with E-state index in [0.717, 1.165) is 32.7 Å². The molecule has 0 aliphatic carbocycles. The van der Waals surface area contributed by atoms with Crippen molar-refractivity contribution in [1.29, 1.82) is 0 Å². The third kappa shape index (κ3) is 7.64. The quantitative estimate of drug-likeness (QED) is 0.239. The molecule has 6 heteroatoms. The molecule has 0 aromatic heterocycles. The predicted octanol–water partition coefficient (Wildman–Crippen LogP) is 5.24. The van der Waals surface area contributed by atoms with Crippen LogP contribution in [0.3, 0.4) is 0 Å². The van der Waals surface area contributed by atoms with Gasteiger partial charge in [0.1, 0.15) is 11.3 Å². The van der Waals surface area contributed by atoms with Crippen LogP contribution in [-0.2, 0) is 0 Å². The summed E-state index contributed by atoms with van der Waals surface area (Å²) in [7, 11) is 1.48. The molecule has 0 aliphatic heterocycles. The number of aromatic carboxylic acids is 2. The van der Waals surface area contributed by atoms with Gasteiger partial charge < -0.3 is 14.9 Å². The SMILES string of the molecule is COc1c(C(=O)O)ccc2ccccc12.O=C(O)c1ccc2ccccc2c1-c1ccccc1.[Li+].[c-]1ccccc1. The number of rotatable bonds is 4. The van der Waals surface area contributed by atoms with Crippen LogP contribution in [0.4, 0.5) is 0 Å². The number of carbonyl (C=O) groups is 2. The molecule has 0 aliphatic rings. The summed E-state index contributed by atoms with van der Waals surface area (Å²) < 4.78 is 5.14. The van der Waals surface area contributed by atoms with Crippen molar-refractivity contribution in [3.63, 3.8) is 0 Å². The standard InChI is InChI=1S/C17H12O2.C12H10O3.C6H5.Li/c18-17(19)15-11-10-12-6-4-5-9-14(12)16(15)13-7-2-1-3-8-13;1-15-11-9-5-3-2-4-8(9)6-7-10(11)12(13)14;1-2-4-6-5-3-1;/h1-11H,(H,18,19);2-7H,1H3,(H,13,14);1-5H;/q;;-1;+1. The fourth-order valence-electron chi connectivity index (χ4n) is 4.34. The van der Waals surface area contributed by atoms with Crippen molar-refractivity contribution in [1.82, 2.24) is 0 Å². The van der Waals surface area contributed by atoms with Gasteiger partial charge in [-0.3, -0.25) is 0 Å². The Morgan fingerprint density at radius 3 is 1.59 bits per heavy atom. The van der Waals surface area contributed by atoms with E-state index in [0.29, 0.717) is 11.3 Å². The van der Waals surface area contributed by atoms with Crippen molar-refractivity contribution in [3.8, 4) is 16.9 Å². The normalized spacial score (nSPS) is 9.78. The maximum absolute atomic E-state index is 11.4. The minimum absolute atomic E-state index is 0. The molecule has 0 saturated carbocycles. The van der Waals surface area contributed by atoms with Crippen LogP contribution in [-0.4, -0.2) is 29.3 Å². The molecular formula is C35H27LiO5. The Kier molecular flexibility index (Phi) is 11.3. The van der Waals surface area contributed by atoms with Gasteiger partial charge in [-0.05, 0) is 33.9 Å². The van der Waals surface area contributed by atoms with E-state index in [2.05, 4.69) is 6.07 Å². The van der Waals surface area contributed by atoms with Crippen LogP contribution in [0.2, 0.25) is 0 Å². The number of benzene rings is 6. The van der Waals surface area contributed by atoms with Gasteiger partial charge in [0.2, 0.25) is 0 Å². The molecule has 41 heavy (non-hydrogen) atoms. The van der Waals surface area contributed by atoms with Crippen LogP contribution in [0.5, 0.6) is 5.75 Å². The summed E-state index contributed by atoms with van der Waals surface area (Å²) in [5, 5.41) is 22.2. The first-order valence-corrected chi connectivity index (χ1v) is 12.5. The molecule has 0 fully saturated rings. The maximum atomic E-state index is 11.4. The largest absolute Gasteiger partial charge is 1.00 e. The zero-order valence-corrected chi connectivity index (χ0v) is 22.8. The molecule has 6 aromatic carbocycles. The third-order valence-electron chi connectivity index (χ3n) is 6.14. The van der Waals surface area contributed by atoms with Gasteiger partial charge in [-0.15, -0.1) is 0 Å². The van der Waals surface area contributed by atoms with E-state index in [1.165, 1.54) is 7.11 Å². The summed E-state index contributed by atoms with van der Waals surface area (Å²) in [6.45, 7) is 0. The van der Waals surface area contributed by atoms with Gasteiger partial charge in [-0.25, -0.2) is 9.59 Å². The van der Waals surface area contributed by atoms with Crippen molar-refractivity contribution in [2.45, 2.75) is 0 Å². The van der Waals surface area contributed by atoms with E-state index in [1.807, 2.05) is 115 Å². The Hall–Kier alpha value is -4.82. The number of methoxy groups -OCH3 is 1. The molecule has 5 nitrogen and oxygen atoms in total. The van der Waals surface area contributed by atoms with Crippen molar-refractivity contribution < 1.29 is 43.4 Å². The van der Waals surface area contributed by atoms with Crippen LogP contribution in [0.1, 0.15) is 20.7 Å². The van der Waals surface area contributed by atoms with Crippen LogP contribution in [0.15, 0.2) is 133 Å². The second kappa shape index (κ2) is 15.1. The molecule has 0 saturated heterocycles. The number of hydrogen-bond donors (Lipinski definition) is 2. The first kappa shape index (κ1) is 30.7. The molecule has 6 rings (SSSR count). The molecule has 0 bridgehead atoms. The third-order valence-corrected chi connectivity index (χ3v) is 6.14. The summed E-state index contributed by atoms with van der Waals surface area (Å²) in [6.07, 6.45) is 0. The molecule has 6 aromatic rings. The topological polar surface area (TPSA) is 83.8 Å². The van der Waals surface area contributed by atoms with Gasteiger partial charge in [0, 0.05) is 10.9 Å². The predicted molar refractivity (Wildman–Crippen MR) is 159 cm³/mol. The van der Waals surface area contributed by atoms with Gasteiger partial charge in [-0.2, -0.15) is 36.4 Å². The Bertz CT molecular complexity index is 1710. The van der Waals surface area contributed by atoms with E-state index in [4.69, 9.17) is 9.84 Å². The van der Waals surface area contributed by atoms with E-state index in [1.54, 1.807) is 18.2 Å². The Balaban J connectivity index is 0.000000187. The average Bonchev–Trinajstić information content (AvgIpc) is 3.01. The molecule has 0 radical (unpaired) electrons. The Labute approximate surface area is 250 Å². The van der Waals surface area contributed by atoms with Crippen LogP contribution in [0.25, 0.3) is 32.7 Å². The molecular weight excluding hydrogens is 507 g/mol. The Morgan fingerprint density at radius 2 is 1.07 bits per heavy atom. The monoisotopic (exact) mass is 534 g/mol. The minimum atomic E-state index is -0.974. The second-order valence-electron chi connectivity index (χ2n) is 8.63.